The van der Waals surface area contributed by atoms with Crippen LogP contribution < -0.4 is 11.3 Å². The molecule has 5 aromatic rings. The van der Waals surface area contributed by atoms with Gasteiger partial charge in [-0.15, -0.1) is 0 Å². The van der Waals surface area contributed by atoms with E-state index in [1.54, 1.807) is 16.8 Å². The van der Waals surface area contributed by atoms with Crippen molar-refractivity contribution in [3.05, 3.63) is 93.8 Å². The average molecular weight is 443 g/mol. The number of H-pyrrole nitrogens is 1. The van der Waals surface area contributed by atoms with E-state index in [0.717, 1.165) is 23.2 Å². The number of nitrogen functional groups attached to an aromatic ring is 1. The Kier molecular flexibility index (Phi) is 5.88. The minimum Gasteiger partial charge on any atom is -0.383 e. The van der Waals surface area contributed by atoms with Crippen molar-refractivity contribution in [2.24, 2.45) is 0 Å². The molecular weight excluding hydrogens is 424 g/mol. The summed E-state index contributed by atoms with van der Waals surface area (Å²) in [5, 5.41) is 11.2. The molecule has 3 heterocycles. The van der Waals surface area contributed by atoms with E-state index in [1.165, 1.54) is 6.33 Å². The zero-order valence-electron chi connectivity index (χ0n) is 17.2. The van der Waals surface area contributed by atoms with Crippen LogP contribution in [0.2, 0.25) is 5.02 Å². The number of hydrogen-bond acceptors (Lipinski definition) is 5. The number of halogens is 1. The first-order valence-corrected chi connectivity index (χ1v) is 10.3. The Morgan fingerprint density at radius 1 is 1.12 bits per heavy atom. The van der Waals surface area contributed by atoms with Gasteiger partial charge in [-0.3, -0.25) is 9.36 Å². The van der Waals surface area contributed by atoms with Crippen molar-refractivity contribution in [2.75, 3.05) is 5.73 Å². The van der Waals surface area contributed by atoms with Gasteiger partial charge in [0.2, 0.25) is 0 Å². The third-order valence-corrected chi connectivity index (χ3v) is 5.38. The van der Waals surface area contributed by atoms with Crippen LogP contribution in [-0.2, 0) is 6.42 Å². The largest absolute Gasteiger partial charge is 0.383 e. The molecule has 5 rings (SSSR count). The molecule has 8 heteroatoms. The molecule has 0 aliphatic heterocycles. The lowest BCUT2D eigenvalue weighted by atomic mass is 10.1. The van der Waals surface area contributed by atoms with E-state index >= 15 is 0 Å². The summed E-state index contributed by atoms with van der Waals surface area (Å²) in [5.41, 5.74) is 8.42. The second-order valence-electron chi connectivity index (χ2n) is 6.97. The Morgan fingerprint density at radius 3 is 2.62 bits per heavy atom. The first-order valence-electron chi connectivity index (χ1n) is 9.91. The molecule has 32 heavy (non-hydrogen) atoms. The molecule has 0 spiro atoms. The average Bonchev–Trinajstić information content (AvgIpc) is 3.24. The maximum atomic E-state index is 12.8. The number of benzene rings is 2. The number of nitrogens with zero attached hydrogens (tertiary/aromatic N) is 4. The predicted molar refractivity (Wildman–Crippen MR) is 127 cm³/mol. The zero-order valence-corrected chi connectivity index (χ0v) is 18.0. The molecule has 7 nitrogen and oxygen atoms in total. The zero-order chi connectivity index (χ0) is 22.7. The number of rotatable bonds is 2. The summed E-state index contributed by atoms with van der Waals surface area (Å²) in [5.74, 6) is 0.331. The fraction of sp³-hybridized carbons (Fsp3) is 0.0833. The van der Waals surface area contributed by atoms with E-state index < -0.39 is 0 Å². The van der Waals surface area contributed by atoms with Gasteiger partial charge >= 0.3 is 0 Å². The molecule has 3 N–H and O–H groups in total. The summed E-state index contributed by atoms with van der Waals surface area (Å²) < 4.78 is 1.74. The van der Waals surface area contributed by atoms with Gasteiger partial charge in [-0.2, -0.15) is 5.26 Å². The number of hydrogen-bond donors (Lipinski definition) is 2. The molecule has 0 saturated carbocycles. The second-order valence-corrected chi connectivity index (χ2v) is 7.37. The molecule has 0 aliphatic carbocycles. The fourth-order valence-corrected chi connectivity index (χ4v) is 3.83. The Bertz CT molecular complexity index is 1520. The first kappa shape index (κ1) is 21.1. The van der Waals surface area contributed by atoms with Crippen molar-refractivity contribution in [2.45, 2.75) is 13.3 Å². The molecule has 2 aromatic carbocycles. The number of aromatic nitrogens is 4. The number of fused-ring (bicyclic) bond motifs is 2. The summed E-state index contributed by atoms with van der Waals surface area (Å²) in [6.45, 7) is 2.05. The molecule has 0 unspecified atom stereocenters. The van der Waals surface area contributed by atoms with Crippen molar-refractivity contribution in [1.82, 2.24) is 19.5 Å². The first-order chi connectivity index (χ1) is 15.5. The summed E-state index contributed by atoms with van der Waals surface area (Å²) >= 11 is 6.20. The molecular formula is C24H19ClN6O. The van der Waals surface area contributed by atoms with E-state index in [-0.39, 0.29) is 5.56 Å². The highest BCUT2D eigenvalue weighted by Gasteiger charge is 2.12. The van der Waals surface area contributed by atoms with Gasteiger partial charge in [0.05, 0.1) is 21.4 Å². The third-order valence-electron chi connectivity index (χ3n) is 5.07. The van der Waals surface area contributed by atoms with Crippen molar-refractivity contribution in [1.29, 1.82) is 5.26 Å². The van der Waals surface area contributed by atoms with Crippen molar-refractivity contribution >= 4 is 39.2 Å². The van der Waals surface area contributed by atoms with Crippen LogP contribution >= 0.6 is 11.6 Å². The SMILES string of the molecule is CCc1cc2cccc(Cl)c2c(=O)n1-c1ccccc1.N#Cc1c[nH]c2ncnc(N)c12. The molecule has 0 amide bonds. The van der Waals surface area contributed by atoms with E-state index in [0.29, 0.717) is 32.8 Å². The molecule has 0 aliphatic rings. The van der Waals surface area contributed by atoms with E-state index in [4.69, 9.17) is 22.6 Å². The summed E-state index contributed by atoms with van der Waals surface area (Å²) in [6, 6.07) is 19.3. The lowest BCUT2D eigenvalue weighted by Gasteiger charge is -2.14. The summed E-state index contributed by atoms with van der Waals surface area (Å²) in [7, 11) is 0. The second kappa shape index (κ2) is 8.92. The normalized spacial score (nSPS) is 10.5. The quantitative estimate of drug-likeness (QED) is 0.414. The van der Waals surface area contributed by atoms with Crippen LogP contribution in [0.4, 0.5) is 5.82 Å². The van der Waals surface area contributed by atoms with Crippen LogP contribution in [0.5, 0.6) is 0 Å². The van der Waals surface area contributed by atoms with Gasteiger partial charge < -0.3 is 10.7 Å². The van der Waals surface area contributed by atoms with Crippen molar-refractivity contribution < 1.29 is 0 Å². The highest BCUT2D eigenvalue weighted by Crippen LogP contribution is 2.23. The summed E-state index contributed by atoms with van der Waals surface area (Å²) in [4.78, 5) is 23.3. The maximum absolute atomic E-state index is 12.8. The lowest BCUT2D eigenvalue weighted by molar-refractivity contribution is 0.889. The van der Waals surface area contributed by atoms with Crippen LogP contribution in [-0.4, -0.2) is 19.5 Å². The highest BCUT2D eigenvalue weighted by atomic mass is 35.5. The number of anilines is 1. The van der Waals surface area contributed by atoms with Gasteiger partial charge in [0, 0.05) is 17.6 Å². The Morgan fingerprint density at radius 2 is 1.91 bits per heavy atom. The highest BCUT2D eigenvalue weighted by molar-refractivity contribution is 6.35. The molecule has 0 fully saturated rings. The molecule has 158 valence electrons. The van der Waals surface area contributed by atoms with Crippen LogP contribution in [0, 0.1) is 11.3 Å². The number of aryl methyl sites for hydroxylation is 1. The Balaban J connectivity index is 0.000000174. The maximum Gasteiger partial charge on any atom is 0.264 e. The molecule has 0 radical (unpaired) electrons. The Hall–Kier alpha value is -4.15. The summed E-state index contributed by atoms with van der Waals surface area (Å²) in [6.07, 6.45) is 3.71. The van der Waals surface area contributed by atoms with Gasteiger partial charge in [-0.25, -0.2) is 9.97 Å². The number of nitrogens with two attached hydrogens (primary N) is 1. The lowest BCUT2D eigenvalue weighted by Crippen LogP contribution is -2.22. The molecule has 3 aromatic heterocycles. The minimum atomic E-state index is -0.0591. The minimum absolute atomic E-state index is 0.0591. The van der Waals surface area contributed by atoms with Crippen LogP contribution in [0.3, 0.4) is 0 Å². The smallest absolute Gasteiger partial charge is 0.264 e. The van der Waals surface area contributed by atoms with Gasteiger partial charge in [0.25, 0.3) is 5.56 Å². The topological polar surface area (TPSA) is 113 Å². The van der Waals surface area contributed by atoms with Crippen molar-refractivity contribution in [3.63, 3.8) is 0 Å². The number of para-hydroxylation sites is 1. The van der Waals surface area contributed by atoms with E-state index in [2.05, 4.69) is 15.0 Å². The van der Waals surface area contributed by atoms with Crippen LogP contribution in [0.1, 0.15) is 18.2 Å². The van der Waals surface area contributed by atoms with Crippen LogP contribution in [0.25, 0.3) is 27.5 Å². The fourth-order valence-electron chi connectivity index (χ4n) is 3.57. The number of aromatic amines is 1. The van der Waals surface area contributed by atoms with Gasteiger partial charge in [-0.1, -0.05) is 48.9 Å². The number of nitrogens with one attached hydrogen (secondary N) is 1. The standard InChI is InChI=1S/C17H14ClNO.C7H5N5/c1-2-13-11-12-7-6-10-15(18)16(12)17(20)19(13)14-8-4-3-5-9-14;8-1-4-2-10-7-5(4)6(9)11-3-12-7/h3-11H,2H2,1H3;2-3H,(H3,9,10,11,12). The molecule has 0 saturated heterocycles. The van der Waals surface area contributed by atoms with Gasteiger partial charge in [0.1, 0.15) is 23.9 Å². The van der Waals surface area contributed by atoms with Gasteiger partial charge in [0.15, 0.2) is 0 Å². The van der Waals surface area contributed by atoms with E-state index in [1.807, 2.05) is 61.5 Å². The molecule has 0 atom stereocenters. The predicted octanol–water partition coefficient (Wildman–Crippen LogP) is 4.62. The molecule has 0 bridgehead atoms. The number of nitriles is 1. The number of pyridine rings is 1. The van der Waals surface area contributed by atoms with Crippen molar-refractivity contribution in [3.8, 4) is 11.8 Å². The third kappa shape index (κ3) is 3.80. The monoisotopic (exact) mass is 442 g/mol. The Labute approximate surface area is 188 Å². The van der Waals surface area contributed by atoms with Gasteiger partial charge in [-0.05, 0) is 36.1 Å². The van der Waals surface area contributed by atoms with Crippen LogP contribution in [0.15, 0.2) is 71.9 Å². The van der Waals surface area contributed by atoms with E-state index in [9.17, 15) is 4.79 Å².